The Hall–Kier alpha value is -3.25. The molecular formula is C29H28BrN3O2. The fraction of sp³-hybridized carbons (Fsp3) is 0.276. The summed E-state index contributed by atoms with van der Waals surface area (Å²) in [6.45, 7) is 2.20. The number of anilines is 1. The van der Waals surface area contributed by atoms with Gasteiger partial charge in [0.1, 0.15) is 5.75 Å². The van der Waals surface area contributed by atoms with Gasteiger partial charge in [-0.15, -0.1) is 0 Å². The van der Waals surface area contributed by atoms with Gasteiger partial charge in [-0.05, 0) is 78.6 Å². The van der Waals surface area contributed by atoms with Gasteiger partial charge in [0.05, 0.1) is 23.5 Å². The van der Waals surface area contributed by atoms with Gasteiger partial charge < -0.3 is 10.4 Å². The lowest BCUT2D eigenvalue weighted by atomic mass is 9.95. The van der Waals surface area contributed by atoms with Crippen molar-refractivity contribution in [3.8, 4) is 17.0 Å². The van der Waals surface area contributed by atoms with Crippen molar-refractivity contribution in [1.82, 2.24) is 9.97 Å². The summed E-state index contributed by atoms with van der Waals surface area (Å²) in [5.74, 6) is 1.18. The van der Waals surface area contributed by atoms with Gasteiger partial charge in [-0.25, -0.2) is 9.97 Å². The number of phenols is 1. The summed E-state index contributed by atoms with van der Waals surface area (Å²) in [5.41, 5.74) is 6.72. The Morgan fingerprint density at radius 2 is 1.97 bits per heavy atom. The lowest BCUT2D eigenvalue weighted by Crippen LogP contribution is -2.19. The molecule has 6 heteroatoms. The molecule has 0 spiro atoms. The summed E-state index contributed by atoms with van der Waals surface area (Å²) in [4.78, 5) is 23.0. The SMILES string of the molecule is CC1C=C(Cc2nc3c(nc2NC(=O)Cc2ccc(Br)cc2)CCCc2cc(O)ccc2-3)C=CC1. The van der Waals surface area contributed by atoms with Crippen LogP contribution in [0.4, 0.5) is 5.82 Å². The number of hydrogen-bond donors (Lipinski definition) is 2. The molecule has 0 fully saturated rings. The highest BCUT2D eigenvalue weighted by Crippen LogP contribution is 2.34. The number of halogens is 1. The monoisotopic (exact) mass is 529 g/mol. The Labute approximate surface area is 214 Å². The van der Waals surface area contributed by atoms with E-state index in [-0.39, 0.29) is 18.1 Å². The molecule has 0 bridgehead atoms. The topological polar surface area (TPSA) is 75.1 Å². The minimum Gasteiger partial charge on any atom is -0.508 e. The fourth-order valence-corrected chi connectivity index (χ4v) is 5.05. The Kier molecular flexibility index (Phi) is 6.82. The van der Waals surface area contributed by atoms with Gasteiger partial charge in [-0.3, -0.25) is 4.79 Å². The molecule has 2 aromatic carbocycles. The van der Waals surface area contributed by atoms with E-state index in [1.807, 2.05) is 36.4 Å². The molecule has 0 aliphatic heterocycles. The number of phenolic OH excluding ortho intramolecular Hbond substituents is 1. The first kappa shape index (κ1) is 23.5. The average Bonchev–Trinajstić information content (AvgIpc) is 2.99. The van der Waals surface area contributed by atoms with Crippen molar-refractivity contribution in [3.63, 3.8) is 0 Å². The van der Waals surface area contributed by atoms with E-state index in [4.69, 9.17) is 9.97 Å². The first-order valence-corrected chi connectivity index (χ1v) is 12.9. The highest BCUT2D eigenvalue weighted by atomic mass is 79.9. The summed E-state index contributed by atoms with van der Waals surface area (Å²) in [6.07, 6.45) is 11.1. The molecule has 5 rings (SSSR count). The van der Waals surface area contributed by atoms with E-state index in [0.717, 1.165) is 63.9 Å². The molecule has 2 N–H and O–H groups in total. The first-order chi connectivity index (χ1) is 16.9. The van der Waals surface area contributed by atoms with E-state index in [0.29, 0.717) is 18.2 Å². The number of aromatic hydroxyl groups is 1. The number of aryl methyl sites for hydroxylation is 2. The number of allylic oxidation sites excluding steroid dienone is 4. The lowest BCUT2D eigenvalue weighted by Gasteiger charge is -2.17. The molecule has 1 amide bonds. The standard InChI is InChI=1S/C29H28BrN3O2/c1-18-4-2-5-20(14-18)15-26-29(33-27(35)16-19-8-10-22(30)11-9-19)32-25-7-3-6-21-17-23(34)12-13-24(21)28(25)31-26/h2,5,8-14,17-18,34H,3-4,6-7,15-16H2,1H3,(H,32,33,35). The second kappa shape index (κ2) is 10.2. The Balaban J connectivity index is 1.51. The minimum absolute atomic E-state index is 0.108. The third kappa shape index (κ3) is 5.54. The smallest absolute Gasteiger partial charge is 0.229 e. The third-order valence-electron chi connectivity index (χ3n) is 6.49. The van der Waals surface area contributed by atoms with Crippen LogP contribution in [0.25, 0.3) is 11.3 Å². The summed E-state index contributed by atoms with van der Waals surface area (Å²) in [5, 5.41) is 13.1. The van der Waals surface area contributed by atoms with Gasteiger partial charge in [-0.1, -0.05) is 53.2 Å². The first-order valence-electron chi connectivity index (χ1n) is 12.1. The predicted molar refractivity (Wildman–Crippen MR) is 142 cm³/mol. The molecule has 35 heavy (non-hydrogen) atoms. The summed E-state index contributed by atoms with van der Waals surface area (Å²) in [6, 6.07) is 13.2. The van der Waals surface area contributed by atoms with Crippen LogP contribution in [-0.4, -0.2) is 21.0 Å². The number of benzene rings is 2. The lowest BCUT2D eigenvalue weighted by molar-refractivity contribution is -0.115. The van der Waals surface area contributed by atoms with Crippen LogP contribution in [0.3, 0.4) is 0 Å². The normalized spacial score (nSPS) is 16.6. The Bertz CT molecular complexity index is 1330. The number of rotatable bonds is 5. The van der Waals surface area contributed by atoms with Crippen LogP contribution in [0.1, 0.15) is 42.3 Å². The fourth-order valence-electron chi connectivity index (χ4n) is 4.78. The van der Waals surface area contributed by atoms with Crippen molar-refractivity contribution in [1.29, 1.82) is 0 Å². The van der Waals surface area contributed by atoms with Gasteiger partial charge in [0.2, 0.25) is 5.91 Å². The van der Waals surface area contributed by atoms with Crippen LogP contribution in [0.15, 0.2) is 70.7 Å². The summed E-state index contributed by atoms with van der Waals surface area (Å²) in [7, 11) is 0. The van der Waals surface area contributed by atoms with Gasteiger partial charge in [0, 0.05) is 16.5 Å². The molecule has 3 aromatic rings. The van der Waals surface area contributed by atoms with Crippen LogP contribution >= 0.6 is 15.9 Å². The molecule has 1 atom stereocenters. The van der Waals surface area contributed by atoms with Crippen molar-refractivity contribution in [2.45, 2.75) is 45.4 Å². The highest BCUT2D eigenvalue weighted by Gasteiger charge is 2.22. The van der Waals surface area contributed by atoms with Gasteiger partial charge in [0.15, 0.2) is 5.82 Å². The van der Waals surface area contributed by atoms with Crippen molar-refractivity contribution in [2.24, 2.45) is 5.92 Å². The number of carbonyl (C=O) groups excluding carboxylic acids is 1. The molecule has 1 unspecified atom stereocenters. The number of fused-ring (bicyclic) bond motifs is 3. The molecule has 1 heterocycles. The third-order valence-corrected chi connectivity index (χ3v) is 7.02. The van der Waals surface area contributed by atoms with E-state index < -0.39 is 0 Å². The minimum atomic E-state index is -0.108. The average molecular weight is 530 g/mol. The van der Waals surface area contributed by atoms with E-state index in [2.05, 4.69) is 46.4 Å². The molecule has 0 saturated carbocycles. The molecule has 5 nitrogen and oxygen atoms in total. The molecule has 0 saturated heterocycles. The molecule has 2 aliphatic rings. The van der Waals surface area contributed by atoms with Crippen molar-refractivity contribution in [3.05, 3.63) is 93.3 Å². The highest BCUT2D eigenvalue weighted by molar-refractivity contribution is 9.10. The summed E-state index contributed by atoms with van der Waals surface area (Å²) >= 11 is 3.44. The maximum atomic E-state index is 13.0. The van der Waals surface area contributed by atoms with E-state index >= 15 is 0 Å². The summed E-state index contributed by atoms with van der Waals surface area (Å²) < 4.78 is 0.984. The molecular weight excluding hydrogens is 502 g/mol. The van der Waals surface area contributed by atoms with Crippen LogP contribution in [0.2, 0.25) is 0 Å². The van der Waals surface area contributed by atoms with E-state index in [1.165, 1.54) is 5.57 Å². The van der Waals surface area contributed by atoms with E-state index in [9.17, 15) is 9.90 Å². The Morgan fingerprint density at radius 3 is 2.77 bits per heavy atom. The number of nitrogens with zero attached hydrogens (tertiary/aromatic N) is 2. The maximum Gasteiger partial charge on any atom is 0.229 e. The van der Waals surface area contributed by atoms with Crippen LogP contribution in [0, 0.1) is 5.92 Å². The zero-order valence-electron chi connectivity index (χ0n) is 19.7. The maximum absolute atomic E-state index is 13.0. The molecule has 178 valence electrons. The number of amides is 1. The van der Waals surface area contributed by atoms with Crippen LogP contribution in [0.5, 0.6) is 5.75 Å². The largest absolute Gasteiger partial charge is 0.508 e. The van der Waals surface area contributed by atoms with Crippen LogP contribution in [-0.2, 0) is 30.5 Å². The van der Waals surface area contributed by atoms with Gasteiger partial charge in [0.25, 0.3) is 0 Å². The van der Waals surface area contributed by atoms with Gasteiger partial charge in [-0.2, -0.15) is 0 Å². The predicted octanol–water partition coefficient (Wildman–Crippen LogP) is 6.35. The second-order valence-electron chi connectivity index (χ2n) is 9.39. The second-order valence-corrected chi connectivity index (χ2v) is 10.3. The number of aromatic nitrogens is 2. The molecule has 0 radical (unpaired) electrons. The van der Waals surface area contributed by atoms with Crippen molar-refractivity contribution in [2.75, 3.05) is 5.32 Å². The quantitative estimate of drug-likeness (QED) is 0.403. The Morgan fingerprint density at radius 1 is 1.14 bits per heavy atom. The van der Waals surface area contributed by atoms with E-state index in [1.54, 1.807) is 6.07 Å². The van der Waals surface area contributed by atoms with Gasteiger partial charge >= 0.3 is 0 Å². The zero-order valence-corrected chi connectivity index (χ0v) is 21.3. The molecule has 1 aromatic heterocycles. The number of carbonyl (C=O) groups is 1. The zero-order chi connectivity index (χ0) is 24.4. The van der Waals surface area contributed by atoms with Crippen molar-refractivity contribution < 1.29 is 9.90 Å². The van der Waals surface area contributed by atoms with Crippen molar-refractivity contribution >= 4 is 27.7 Å². The van der Waals surface area contributed by atoms with Crippen LogP contribution < -0.4 is 5.32 Å². The number of hydrogen-bond acceptors (Lipinski definition) is 4. The number of nitrogens with one attached hydrogen (secondary N) is 1. The molecule has 2 aliphatic carbocycles.